The van der Waals surface area contributed by atoms with E-state index in [1.807, 2.05) is 0 Å². The van der Waals surface area contributed by atoms with E-state index in [4.69, 9.17) is 18.9 Å². The molecule has 13 nitrogen and oxygen atoms in total. The number of carbonyl (C=O) groups is 2. The molecule has 0 aromatic heterocycles. The number of ether oxygens (including phenoxy) is 4. The second-order valence-corrected chi connectivity index (χ2v) is 19.7. The minimum atomic E-state index is -1.88. The van der Waals surface area contributed by atoms with Crippen LogP contribution in [0.1, 0.15) is 106 Å². The first-order valence-electron chi connectivity index (χ1n) is 20.3. The van der Waals surface area contributed by atoms with Crippen LogP contribution in [-0.4, -0.2) is 116 Å². The van der Waals surface area contributed by atoms with Gasteiger partial charge in [-0.05, 0) is 122 Å². The summed E-state index contributed by atoms with van der Waals surface area (Å²) in [6, 6.07) is 0. The molecule has 306 valence electrons. The van der Waals surface area contributed by atoms with Crippen molar-refractivity contribution in [2.24, 2.45) is 56.7 Å². The molecule has 5 saturated carbocycles. The Bertz CT molecular complexity index is 1490. The van der Waals surface area contributed by atoms with Gasteiger partial charge in [0.15, 0.2) is 18.7 Å². The zero-order valence-corrected chi connectivity index (χ0v) is 32.7. The van der Waals surface area contributed by atoms with Crippen LogP contribution < -0.4 is 0 Å². The fraction of sp³-hybridized carbons (Fsp3) is 0.902. The van der Waals surface area contributed by atoms with Gasteiger partial charge in [0.05, 0.1) is 18.1 Å². The monoisotopic (exact) mass is 764 g/mol. The van der Waals surface area contributed by atoms with Gasteiger partial charge < -0.3 is 54.7 Å². The molecule has 0 radical (unpaired) electrons. The molecule has 7 fully saturated rings. The molecule has 0 aromatic carbocycles. The molecule has 19 unspecified atom stereocenters. The van der Waals surface area contributed by atoms with Crippen LogP contribution in [0.2, 0.25) is 0 Å². The van der Waals surface area contributed by atoms with E-state index in [2.05, 4.69) is 48.1 Å². The lowest BCUT2D eigenvalue weighted by Gasteiger charge is -2.73. The summed E-state index contributed by atoms with van der Waals surface area (Å²) < 4.78 is 23.8. The zero-order chi connectivity index (χ0) is 39.5. The number of hydrogen-bond acceptors (Lipinski definition) is 11. The van der Waals surface area contributed by atoms with Crippen LogP contribution in [0.3, 0.4) is 0 Å². The van der Waals surface area contributed by atoms with Gasteiger partial charge in [-0.1, -0.05) is 46.8 Å². The van der Waals surface area contributed by atoms with Crippen LogP contribution in [0.15, 0.2) is 12.2 Å². The number of carboxylic acids is 2. The van der Waals surface area contributed by atoms with Crippen LogP contribution in [0.25, 0.3) is 0 Å². The number of rotatable bonds is 7. The maximum Gasteiger partial charge on any atom is 0.335 e. The molecule has 2 saturated heterocycles. The Hall–Kier alpha value is -1.68. The van der Waals surface area contributed by atoms with E-state index < -0.39 is 84.2 Å². The lowest BCUT2D eigenvalue weighted by Crippen LogP contribution is -2.68. The molecule has 2 aliphatic heterocycles. The molecule has 0 bridgehead atoms. The fourth-order valence-electron chi connectivity index (χ4n) is 14.2. The molecule has 13 heteroatoms. The SMILES string of the molecule is C=C(C)C1CCC2(C(=O)O)CCC3(C)C(CCC4C5(C)CCC(OC6OC(C(=O)O)C(O)C(O)C6OC6OCC(O)C(O)C6O)C(C)(C)C5CCC43C)C12. The second-order valence-electron chi connectivity index (χ2n) is 19.7. The first kappa shape index (κ1) is 40.5. The lowest BCUT2D eigenvalue weighted by molar-refractivity contribution is -0.366. The van der Waals surface area contributed by atoms with E-state index in [-0.39, 0.29) is 40.6 Å². The highest BCUT2D eigenvalue weighted by Gasteiger charge is 2.72. The minimum absolute atomic E-state index is 0.00281. The summed E-state index contributed by atoms with van der Waals surface area (Å²) in [7, 11) is 0. The van der Waals surface area contributed by atoms with Crippen molar-refractivity contribution in [3.05, 3.63) is 12.2 Å². The number of aliphatic carboxylic acids is 2. The average molecular weight is 765 g/mol. The molecule has 54 heavy (non-hydrogen) atoms. The summed E-state index contributed by atoms with van der Waals surface area (Å²) in [5, 5.41) is 73.3. The molecule has 7 aliphatic rings. The topological polar surface area (TPSA) is 213 Å². The van der Waals surface area contributed by atoms with Crippen LogP contribution in [0.5, 0.6) is 0 Å². The quantitative estimate of drug-likeness (QED) is 0.146. The number of aliphatic hydroxyl groups excluding tert-OH is 5. The molecule has 0 amide bonds. The van der Waals surface area contributed by atoms with Gasteiger partial charge in [0.1, 0.15) is 36.6 Å². The van der Waals surface area contributed by atoms with Crippen LogP contribution >= 0.6 is 0 Å². The summed E-state index contributed by atoms with van der Waals surface area (Å²) in [6.07, 6.45) is -6.42. The number of carboxylic acid groups (broad SMARTS) is 2. The predicted molar refractivity (Wildman–Crippen MR) is 192 cm³/mol. The third-order valence-electron chi connectivity index (χ3n) is 17.3. The van der Waals surface area contributed by atoms with E-state index in [0.29, 0.717) is 24.7 Å². The van der Waals surface area contributed by atoms with Crippen molar-refractivity contribution >= 4 is 11.9 Å². The Morgan fingerprint density at radius 1 is 0.722 bits per heavy atom. The third kappa shape index (κ3) is 5.72. The number of hydrogen-bond donors (Lipinski definition) is 7. The Morgan fingerprint density at radius 2 is 1.43 bits per heavy atom. The van der Waals surface area contributed by atoms with Crippen molar-refractivity contribution in [1.29, 1.82) is 0 Å². The number of aliphatic hydroxyl groups is 5. The fourth-order valence-corrected chi connectivity index (χ4v) is 14.2. The second kappa shape index (κ2) is 13.7. The van der Waals surface area contributed by atoms with Gasteiger partial charge in [-0.15, -0.1) is 0 Å². The number of allylic oxidation sites excluding steroid dienone is 1. The van der Waals surface area contributed by atoms with E-state index in [1.54, 1.807) is 0 Å². The first-order chi connectivity index (χ1) is 25.2. The first-order valence-corrected chi connectivity index (χ1v) is 20.3. The minimum Gasteiger partial charge on any atom is -0.481 e. The molecule has 19 atom stereocenters. The lowest BCUT2D eigenvalue weighted by atomic mass is 9.32. The highest BCUT2D eigenvalue weighted by molar-refractivity contribution is 5.76. The average Bonchev–Trinajstić information content (AvgIpc) is 3.51. The Morgan fingerprint density at radius 3 is 2.07 bits per heavy atom. The van der Waals surface area contributed by atoms with E-state index in [1.165, 1.54) is 0 Å². The van der Waals surface area contributed by atoms with Gasteiger partial charge >= 0.3 is 11.9 Å². The standard InChI is InChI=1S/C41H64O13/c1-19(2)20-10-15-41(36(49)50)17-16-39(6)21(26(20)41)8-9-24-38(5)13-12-25(37(3,4)23(38)11-14-40(24,39)7)52-35-32(29(45)28(44)31(53-35)33(47)48)54-34-30(46)27(43)22(42)18-51-34/h20-32,34-35,42-46H,1,8-18H2,2-7H3,(H,47,48)(H,49,50). The molecule has 0 aromatic rings. The molecule has 0 spiro atoms. The smallest absolute Gasteiger partial charge is 0.335 e. The summed E-state index contributed by atoms with van der Waals surface area (Å²) in [5.41, 5.74) is -0.0969. The van der Waals surface area contributed by atoms with Crippen LogP contribution in [0.4, 0.5) is 0 Å². The predicted octanol–water partition coefficient (Wildman–Crippen LogP) is 3.47. The highest BCUT2D eigenvalue weighted by Crippen LogP contribution is 2.77. The largest absolute Gasteiger partial charge is 0.481 e. The maximum absolute atomic E-state index is 13.0. The summed E-state index contributed by atoms with van der Waals surface area (Å²) in [5.74, 6) is -0.876. The van der Waals surface area contributed by atoms with Crippen LogP contribution in [-0.2, 0) is 28.5 Å². The Balaban J connectivity index is 1.14. The molecule has 7 N–H and O–H groups in total. The van der Waals surface area contributed by atoms with Crippen molar-refractivity contribution in [2.75, 3.05) is 6.61 Å². The normalized spacial score (nSPS) is 54.0. The van der Waals surface area contributed by atoms with E-state index >= 15 is 0 Å². The van der Waals surface area contributed by atoms with Crippen molar-refractivity contribution in [3.8, 4) is 0 Å². The molecular formula is C41H64O13. The maximum atomic E-state index is 13.0. The Labute approximate surface area is 318 Å². The van der Waals surface area contributed by atoms with Gasteiger partial charge in [0, 0.05) is 0 Å². The van der Waals surface area contributed by atoms with Crippen LogP contribution in [0, 0.1) is 56.7 Å². The molecule has 7 rings (SSSR count). The van der Waals surface area contributed by atoms with Crippen molar-refractivity contribution in [2.45, 2.75) is 167 Å². The van der Waals surface area contributed by atoms with Crippen molar-refractivity contribution < 1.29 is 64.3 Å². The molecule has 2 heterocycles. The van der Waals surface area contributed by atoms with Gasteiger partial charge in [-0.25, -0.2) is 4.79 Å². The summed E-state index contributed by atoms with van der Waals surface area (Å²) >= 11 is 0. The highest BCUT2D eigenvalue weighted by atomic mass is 16.8. The molecular weight excluding hydrogens is 700 g/mol. The van der Waals surface area contributed by atoms with Crippen molar-refractivity contribution in [1.82, 2.24) is 0 Å². The zero-order valence-electron chi connectivity index (χ0n) is 32.7. The Kier molecular flexibility index (Phi) is 10.3. The van der Waals surface area contributed by atoms with Gasteiger partial charge in [-0.3, -0.25) is 4.79 Å². The summed E-state index contributed by atoms with van der Waals surface area (Å²) in [6.45, 7) is 17.8. The number of fused-ring (bicyclic) bond motifs is 7. The van der Waals surface area contributed by atoms with Crippen molar-refractivity contribution in [3.63, 3.8) is 0 Å². The molecule has 5 aliphatic carbocycles. The summed E-state index contributed by atoms with van der Waals surface area (Å²) in [4.78, 5) is 25.2. The van der Waals surface area contributed by atoms with Gasteiger partial charge in [-0.2, -0.15) is 0 Å². The van der Waals surface area contributed by atoms with Gasteiger partial charge in [0.25, 0.3) is 0 Å². The van der Waals surface area contributed by atoms with E-state index in [9.17, 15) is 45.3 Å². The third-order valence-corrected chi connectivity index (χ3v) is 17.3. The van der Waals surface area contributed by atoms with Gasteiger partial charge in [0.2, 0.25) is 0 Å². The van der Waals surface area contributed by atoms with E-state index in [0.717, 1.165) is 56.9 Å².